The monoisotopic (exact) mass is 762 g/mol. The molecule has 0 aliphatic rings. The van der Waals surface area contributed by atoms with Crippen molar-refractivity contribution in [3.05, 3.63) is 106 Å². The van der Waals surface area contributed by atoms with Crippen molar-refractivity contribution in [2.75, 3.05) is 0 Å². The number of carbonyl (C=O) groups is 6. The maximum atomic E-state index is 12.2. The van der Waals surface area contributed by atoms with Crippen LogP contribution in [0.2, 0.25) is 0 Å². The second-order valence-electron chi connectivity index (χ2n) is 9.08. The molecular weight excluding hydrogens is 745 g/mol. The van der Waals surface area contributed by atoms with Crippen LogP contribution in [0.3, 0.4) is 0 Å². The lowest BCUT2D eigenvalue weighted by atomic mass is 10.1. The maximum Gasteiger partial charge on any atom is 0.336 e. The zero-order valence-electron chi connectivity index (χ0n) is 23.5. The minimum absolute atomic E-state index is 0.0109. The molecule has 0 saturated carbocycles. The Morgan fingerprint density at radius 2 is 0.625 bits per heavy atom. The van der Waals surface area contributed by atoms with Gasteiger partial charge in [0.1, 0.15) is 0 Å². The molecule has 4 aromatic rings. The van der Waals surface area contributed by atoms with Crippen LogP contribution in [0.1, 0.15) is 62.1 Å². The lowest BCUT2D eigenvalue weighted by molar-refractivity contribution is 0.0675. The van der Waals surface area contributed by atoms with Crippen LogP contribution >= 0.6 is 64.8 Å². The van der Waals surface area contributed by atoms with Gasteiger partial charge in [0.2, 0.25) is 0 Å². The molecule has 0 aliphatic heterocycles. The van der Waals surface area contributed by atoms with Crippen LogP contribution in [-0.4, -0.2) is 66.5 Å². The first-order chi connectivity index (χ1) is 22.7. The Hall–Kier alpha value is -4.20. The number of aromatic carboxylic acids is 6. The molecule has 0 aliphatic carbocycles. The van der Waals surface area contributed by atoms with Crippen LogP contribution in [0.25, 0.3) is 0 Å². The molecule has 0 bridgehead atoms. The van der Waals surface area contributed by atoms with Gasteiger partial charge in [-0.2, -0.15) is 0 Å². The van der Waals surface area contributed by atoms with Gasteiger partial charge in [-0.1, -0.05) is 76.9 Å². The molecule has 0 unspecified atom stereocenters. The normalized spacial score (nSPS) is 10.8. The molecule has 0 saturated heterocycles. The molecule has 6 N–H and O–H groups in total. The van der Waals surface area contributed by atoms with Crippen molar-refractivity contribution < 1.29 is 59.4 Å². The van der Waals surface area contributed by atoms with Gasteiger partial charge in [0.15, 0.2) is 0 Å². The Morgan fingerprint density at radius 1 is 0.354 bits per heavy atom. The third-order valence-electron chi connectivity index (χ3n) is 5.92. The van der Waals surface area contributed by atoms with Crippen molar-refractivity contribution in [2.45, 2.75) is 29.4 Å². The largest absolute Gasteiger partial charge is 0.478 e. The highest BCUT2D eigenvalue weighted by Crippen LogP contribution is 2.47. The van der Waals surface area contributed by atoms with Crippen LogP contribution in [0.15, 0.2) is 102 Å². The van der Waals surface area contributed by atoms with E-state index in [2.05, 4.69) is 0 Å². The smallest absolute Gasteiger partial charge is 0.336 e. The summed E-state index contributed by atoms with van der Waals surface area (Å²) in [6.45, 7) is 0. The third kappa shape index (κ3) is 9.24. The van der Waals surface area contributed by atoms with Crippen molar-refractivity contribution >= 4 is 101 Å². The first kappa shape index (κ1) is 36.6. The van der Waals surface area contributed by atoms with Gasteiger partial charge in [0, 0.05) is 29.4 Å². The van der Waals surface area contributed by atoms with Crippen LogP contribution in [-0.2, 0) is 0 Å². The molecule has 0 spiro atoms. The fraction of sp³-hybridized carbons (Fsp3) is 0. The Balaban J connectivity index is 1.63. The molecular formula is C30H18O12S6. The van der Waals surface area contributed by atoms with Crippen LogP contribution < -0.4 is 0 Å². The number of benzene rings is 4. The Bertz CT molecular complexity index is 1840. The van der Waals surface area contributed by atoms with Gasteiger partial charge < -0.3 is 30.6 Å². The fourth-order valence-corrected chi connectivity index (χ4v) is 10.4. The van der Waals surface area contributed by atoms with E-state index < -0.39 is 35.8 Å². The molecule has 0 fully saturated rings. The number of rotatable bonds is 15. The molecule has 48 heavy (non-hydrogen) atoms. The van der Waals surface area contributed by atoms with E-state index >= 15 is 0 Å². The molecule has 0 aromatic heterocycles. The van der Waals surface area contributed by atoms with Crippen molar-refractivity contribution in [1.29, 1.82) is 0 Å². The first-order valence-electron chi connectivity index (χ1n) is 12.7. The Labute approximate surface area is 293 Å². The molecule has 4 aromatic carbocycles. The quantitative estimate of drug-likeness (QED) is 0.0627. The molecule has 12 nitrogen and oxygen atoms in total. The van der Waals surface area contributed by atoms with Crippen molar-refractivity contribution in [1.82, 2.24) is 0 Å². The summed E-state index contributed by atoms with van der Waals surface area (Å²) in [6.07, 6.45) is 0. The lowest BCUT2D eigenvalue weighted by Crippen LogP contribution is -2.06. The zero-order valence-corrected chi connectivity index (χ0v) is 28.4. The number of carboxylic acids is 6. The average Bonchev–Trinajstić information content (AvgIpc) is 3.05. The van der Waals surface area contributed by atoms with Gasteiger partial charge in [-0.05, 0) is 60.7 Å². The summed E-state index contributed by atoms with van der Waals surface area (Å²) in [4.78, 5) is 72.3. The molecule has 246 valence electrons. The van der Waals surface area contributed by atoms with E-state index in [-0.39, 0.29) is 53.0 Å². The minimum Gasteiger partial charge on any atom is -0.478 e. The topological polar surface area (TPSA) is 224 Å². The predicted octanol–water partition coefficient (Wildman–Crippen LogP) is 8.27. The summed E-state index contributed by atoms with van der Waals surface area (Å²) >= 11 is 0. The molecule has 0 amide bonds. The molecule has 18 heteroatoms. The second-order valence-corrected chi connectivity index (χ2v) is 15.8. The number of hydrogen-bond donors (Lipinski definition) is 6. The van der Waals surface area contributed by atoms with Crippen LogP contribution in [0, 0.1) is 0 Å². The van der Waals surface area contributed by atoms with Gasteiger partial charge in [-0.25, -0.2) is 28.8 Å². The van der Waals surface area contributed by atoms with Gasteiger partial charge in [0.25, 0.3) is 0 Å². The number of hydrogen-bond acceptors (Lipinski definition) is 12. The van der Waals surface area contributed by atoms with Gasteiger partial charge in [-0.15, -0.1) is 0 Å². The molecule has 4 rings (SSSR count). The van der Waals surface area contributed by atoms with E-state index in [0.717, 1.165) is 89.0 Å². The summed E-state index contributed by atoms with van der Waals surface area (Å²) in [5.74, 6) is -7.89. The predicted molar refractivity (Wildman–Crippen MR) is 183 cm³/mol. The summed E-state index contributed by atoms with van der Waals surface area (Å²) in [5, 5.41) is 58.1. The van der Waals surface area contributed by atoms with E-state index in [0.29, 0.717) is 9.79 Å². The molecule has 0 radical (unpaired) electrons. The van der Waals surface area contributed by atoms with Crippen LogP contribution in [0.4, 0.5) is 0 Å². The average molecular weight is 763 g/mol. The van der Waals surface area contributed by atoms with E-state index in [1.165, 1.54) is 36.4 Å². The Kier molecular flexibility index (Phi) is 12.4. The Morgan fingerprint density at radius 3 is 0.875 bits per heavy atom. The summed E-state index contributed by atoms with van der Waals surface area (Å²) in [7, 11) is 5.32. The van der Waals surface area contributed by atoms with Gasteiger partial charge >= 0.3 is 35.8 Å². The summed E-state index contributed by atoms with van der Waals surface area (Å²) in [5.41, 5.74) is -1.12. The van der Waals surface area contributed by atoms with Gasteiger partial charge in [0.05, 0.1) is 33.4 Å². The second kappa shape index (κ2) is 16.3. The SMILES string of the molecule is O=C(O)c1cccc(SSc2cc(C(=O)O)c(SSc3cc(C(=O)O)c(SSc4cccc(C(=O)O)c4)cc3C(=O)O)cc2C(=O)O)c1. The lowest BCUT2D eigenvalue weighted by Gasteiger charge is -2.14. The highest BCUT2D eigenvalue weighted by atomic mass is 33.1. The standard InChI is InChI=1S/C30H18O12S6/c31-25(32)13-3-1-5-15(7-13)43-45-21-9-19(29(39)40)23(11-17(21)27(35)36)47-48-24-12-18(28(37)38)22(10-20(24)30(41)42)46-44-16-6-2-4-14(8-16)26(33)34/h1-12H,(H,31,32)(H,33,34)(H,35,36)(H,37,38)(H,39,40)(H,41,42). The van der Waals surface area contributed by atoms with Crippen LogP contribution in [0.5, 0.6) is 0 Å². The molecule has 0 heterocycles. The van der Waals surface area contributed by atoms with E-state index in [1.54, 1.807) is 12.1 Å². The van der Waals surface area contributed by atoms with E-state index in [4.69, 9.17) is 0 Å². The molecule has 0 atom stereocenters. The van der Waals surface area contributed by atoms with Crippen molar-refractivity contribution in [3.8, 4) is 0 Å². The highest BCUT2D eigenvalue weighted by Gasteiger charge is 2.24. The van der Waals surface area contributed by atoms with Crippen molar-refractivity contribution in [3.63, 3.8) is 0 Å². The maximum absolute atomic E-state index is 12.2. The van der Waals surface area contributed by atoms with Crippen molar-refractivity contribution in [2.24, 2.45) is 0 Å². The minimum atomic E-state index is -1.41. The van der Waals surface area contributed by atoms with E-state index in [9.17, 15) is 59.4 Å². The highest BCUT2D eigenvalue weighted by molar-refractivity contribution is 8.77. The zero-order chi connectivity index (χ0) is 35.1. The van der Waals surface area contributed by atoms with Gasteiger partial charge in [-0.3, -0.25) is 0 Å². The number of carboxylic acid groups (broad SMARTS) is 6. The fourth-order valence-electron chi connectivity index (χ4n) is 3.70. The third-order valence-corrected chi connectivity index (χ3v) is 13.2. The summed E-state index contributed by atoms with van der Waals surface area (Å²) in [6, 6.07) is 16.3. The summed E-state index contributed by atoms with van der Waals surface area (Å²) < 4.78 is 0. The van der Waals surface area contributed by atoms with E-state index in [1.807, 2.05) is 0 Å². The first-order valence-corrected chi connectivity index (χ1v) is 19.2.